The maximum absolute atomic E-state index is 9.85. The second-order valence-corrected chi connectivity index (χ2v) is 9.22. The molecule has 0 radical (unpaired) electrons. The van der Waals surface area contributed by atoms with E-state index >= 15 is 0 Å². The van der Waals surface area contributed by atoms with Crippen molar-refractivity contribution >= 4 is 0 Å². The van der Waals surface area contributed by atoms with Gasteiger partial charge in [-0.05, 0) is 83.5 Å². The molecule has 2 N–H and O–H groups in total. The van der Waals surface area contributed by atoms with Gasteiger partial charge < -0.3 is 10.2 Å². The minimum atomic E-state index is -0.120. The van der Waals surface area contributed by atoms with Crippen molar-refractivity contribution in [3.63, 3.8) is 0 Å². The molecule has 2 unspecified atom stereocenters. The van der Waals surface area contributed by atoms with Crippen LogP contribution in [0.2, 0.25) is 0 Å². The molecule has 1 aliphatic carbocycles. The topological polar surface area (TPSA) is 40.5 Å². The number of hydrogen-bond acceptors (Lipinski definition) is 2. The molecule has 4 rings (SSSR count). The van der Waals surface area contributed by atoms with Gasteiger partial charge in [-0.3, -0.25) is 0 Å². The molecule has 2 nitrogen and oxygen atoms in total. The zero-order valence-corrected chi connectivity index (χ0v) is 18.2. The Morgan fingerprint density at radius 2 is 1.33 bits per heavy atom. The fourth-order valence-electron chi connectivity index (χ4n) is 5.63. The van der Waals surface area contributed by atoms with Gasteiger partial charge in [-0.25, -0.2) is 0 Å². The molecular formula is C28H32O2. The van der Waals surface area contributed by atoms with Crippen molar-refractivity contribution in [2.75, 3.05) is 0 Å². The van der Waals surface area contributed by atoms with Crippen LogP contribution in [0.5, 0.6) is 11.5 Å². The summed E-state index contributed by atoms with van der Waals surface area (Å²) in [6.45, 7) is 6.93. The van der Waals surface area contributed by atoms with Crippen molar-refractivity contribution in [2.45, 2.75) is 57.3 Å². The first-order chi connectivity index (χ1) is 14.4. The standard InChI is InChI=1S/C28H32O2/c1-19(2)26-6-4-5-7-27(26)21-16-17-28(20(3)18-21,22-8-12-24(29)13-9-22)23-10-14-25(30)15-11-23/h4-15,19-21,29-30H,16-18H2,1-3H3. The van der Waals surface area contributed by atoms with E-state index in [2.05, 4.69) is 69.3 Å². The highest BCUT2D eigenvalue weighted by molar-refractivity contribution is 5.45. The summed E-state index contributed by atoms with van der Waals surface area (Å²) in [6, 6.07) is 24.4. The molecule has 2 atom stereocenters. The molecule has 30 heavy (non-hydrogen) atoms. The summed E-state index contributed by atoms with van der Waals surface area (Å²) in [5, 5.41) is 19.7. The van der Waals surface area contributed by atoms with Crippen LogP contribution in [-0.4, -0.2) is 10.2 Å². The highest BCUT2D eigenvalue weighted by Gasteiger charge is 2.44. The molecule has 1 saturated carbocycles. The highest BCUT2D eigenvalue weighted by Crippen LogP contribution is 2.53. The fourth-order valence-corrected chi connectivity index (χ4v) is 5.63. The monoisotopic (exact) mass is 400 g/mol. The van der Waals surface area contributed by atoms with Gasteiger partial charge in [-0.1, -0.05) is 69.3 Å². The van der Waals surface area contributed by atoms with E-state index in [4.69, 9.17) is 0 Å². The summed E-state index contributed by atoms with van der Waals surface area (Å²) >= 11 is 0. The Balaban J connectivity index is 1.75. The van der Waals surface area contributed by atoms with Gasteiger partial charge in [-0.2, -0.15) is 0 Å². The van der Waals surface area contributed by atoms with Crippen LogP contribution < -0.4 is 0 Å². The Morgan fingerprint density at radius 1 is 0.800 bits per heavy atom. The van der Waals surface area contributed by atoms with E-state index in [1.54, 1.807) is 24.3 Å². The van der Waals surface area contributed by atoms with Crippen molar-refractivity contribution in [3.8, 4) is 11.5 Å². The second-order valence-electron chi connectivity index (χ2n) is 9.22. The van der Waals surface area contributed by atoms with E-state index in [1.807, 2.05) is 0 Å². The SMILES string of the molecule is CC(C)c1ccccc1C1CCC(c2ccc(O)cc2)(c2ccc(O)cc2)C(C)C1. The van der Waals surface area contributed by atoms with Gasteiger partial charge in [-0.15, -0.1) is 0 Å². The summed E-state index contributed by atoms with van der Waals surface area (Å²) in [5.74, 6) is 2.10. The van der Waals surface area contributed by atoms with Crippen LogP contribution in [0, 0.1) is 5.92 Å². The molecule has 0 aliphatic heterocycles. The molecule has 0 bridgehead atoms. The molecule has 3 aromatic carbocycles. The molecule has 0 spiro atoms. The van der Waals surface area contributed by atoms with Crippen molar-refractivity contribution in [1.29, 1.82) is 0 Å². The number of aromatic hydroxyl groups is 2. The molecule has 0 heterocycles. The molecule has 0 aromatic heterocycles. The van der Waals surface area contributed by atoms with Crippen molar-refractivity contribution in [3.05, 3.63) is 95.1 Å². The summed E-state index contributed by atoms with van der Waals surface area (Å²) in [4.78, 5) is 0. The maximum atomic E-state index is 9.85. The third-order valence-electron chi connectivity index (χ3n) is 7.19. The predicted molar refractivity (Wildman–Crippen MR) is 123 cm³/mol. The van der Waals surface area contributed by atoms with Gasteiger partial charge >= 0.3 is 0 Å². The minimum absolute atomic E-state index is 0.120. The largest absolute Gasteiger partial charge is 0.508 e. The molecule has 3 aromatic rings. The lowest BCUT2D eigenvalue weighted by atomic mass is 9.56. The van der Waals surface area contributed by atoms with E-state index in [9.17, 15) is 10.2 Å². The number of phenolic OH excluding ortho intramolecular Hbond substituents is 2. The van der Waals surface area contributed by atoms with Crippen LogP contribution in [0.15, 0.2) is 72.8 Å². The van der Waals surface area contributed by atoms with E-state index in [0.29, 0.717) is 29.3 Å². The average molecular weight is 401 g/mol. The first-order valence-corrected chi connectivity index (χ1v) is 11.1. The normalized spacial score (nSPS) is 20.9. The molecule has 156 valence electrons. The number of phenols is 2. The van der Waals surface area contributed by atoms with Gasteiger partial charge in [0.25, 0.3) is 0 Å². The van der Waals surface area contributed by atoms with Gasteiger partial charge in [0.05, 0.1) is 0 Å². The lowest BCUT2D eigenvalue weighted by molar-refractivity contribution is 0.220. The second kappa shape index (κ2) is 8.18. The van der Waals surface area contributed by atoms with E-state index in [0.717, 1.165) is 19.3 Å². The van der Waals surface area contributed by atoms with Crippen LogP contribution in [0.1, 0.15) is 74.1 Å². The van der Waals surface area contributed by atoms with E-state index in [1.165, 1.54) is 22.3 Å². The van der Waals surface area contributed by atoms with Gasteiger partial charge in [0.2, 0.25) is 0 Å². The number of benzene rings is 3. The Bertz CT molecular complexity index is 940. The van der Waals surface area contributed by atoms with Crippen LogP contribution in [-0.2, 0) is 5.41 Å². The molecule has 0 saturated heterocycles. The smallest absolute Gasteiger partial charge is 0.115 e. The summed E-state index contributed by atoms with van der Waals surface area (Å²) in [6.07, 6.45) is 3.28. The average Bonchev–Trinajstić information content (AvgIpc) is 2.75. The van der Waals surface area contributed by atoms with Crippen LogP contribution >= 0.6 is 0 Å². The minimum Gasteiger partial charge on any atom is -0.508 e. The molecule has 1 aliphatic rings. The van der Waals surface area contributed by atoms with Gasteiger partial charge in [0, 0.05) is 5.41 Å². The zero-order chi connectivity index (χ0) is 21.3. The first kappa shape index (κ1) is 20.5. The maximum Gasteiger partial charge on any atom is 0.115 e. The molecule has 1 fully saturated rings. The van der Waals surface area contributed by atoms with Crippen LogP contribution in [0.25, 0.3) is 0 Å². The number of rotatable bonds is 4. The Morgan fingerprint density at radius 3 is 1.83 bits per heavy atom. The van der Waals surface area contributed by atoms with Crippen molar-refractivity contribution < 1.29 is 10.2 Å². The van der Waals surface area contributed by atoms with Gasteiger partial charge in [0.1, 0.15) is 11.5 Å². The highest BCUT2D eigenvalue weighted by atomic mass is 16.3. The zero-order valence-electron chi connectivity index (χ0n) is 18.2. The quantitative estimate of drug-likeness (QED) is 0.490. The lowest BCUT2D eigenvalue weighted by Crippen LogP contribution is -2.40. The van der Waals surface area contributed by atoms with Crippen molar-refractivity contribution in [1.82, 2.24) is 0 Å². The Hall–Kier alpha value is -2.74. The summed E-state index contributed by atoms with van der Waals surface area (Å²) in [7, 11) is 0. The molecule has 0 amide bonds. The number of hydrogen-bond donors (Lipinski definition) is 2. The third kappa shape index (κ3) is 3.60. The molecular weight excluding hydrogens is 368 g/mol. The lowest BCUT2D eigenvalue weighted by Gasteiger charge is -2.47. The summed E-state index contributed by atoms with van der Waals surface area (Å²) < 4.78 is 0. The summed E-state index contributed by atoms with van der Waals surface area (Å²) in [5.41, 5.74) is 5.34. The van der Waals surface area contributed by atoms with E-state index < -0.39 is 0 Å². The third-order valence-corrected chi connectivity index (χ3v) is 7.19. The molecule has 2 heteroatoms. The van der Waals surface area contributed by atoms with Gasteiger partial charge in [0.15, 0.2) is 0 Å². The predicted octanol–water partition coefficient (Wildman–Crippen LogP) is 7.11. The van der Waals surface area contributed by atoms with E-state index in [-0.39, 0.29) is 5.41 Å². The first-order valence-electron chi connectivity index (χ1n) is 11.1. The fraction of sp³-hybridized carbons (Fsp3) is 0.357. The van der Waals surface area contributed by atoms with Crippen LogP contribution in [0.4, 0.5) is 0 Å². The van der Waals surface area contributed by atoms with Crippen molar-refractivity contribution in [2.24, 2.45) is 5.92 Å². The van der Waals surface area contributed by atoms with Crippen LogP contribution in [0.3, 0.4) is 0 Å². The Kier molecular flexibility index (Phi) is 5.60. The Labute approximate surface area is 180 Å².